The highest BCUT2D eigenvalue weighted by atomic mass is 35.5. The van der Waals surface area contributed by atoms with Gasteiger partial charge in [0.15, 0.2) is 11.5 Å². The fourth-order valence-electron chi connectivity index (χ4n) is 2.84. The second kappa shape index (κ2) is 7.90. The molecule has 0 heterocycles. The van der Waals surface area contributed by atoms with Gasteiger partial charge in [-0.25, -0.2) is 0 Å². The molecule has 118 valence electrons. The molecule has 1 aliphatic rings. The molecule has 0 amide bonds. The summed E-state index contributed by atoms with van der Waals surface area (Å²) in [6.07, 6.45) is 6.65. The van der Waals surface area contributed by atoms with Crippen LogP contribution in [0.4, 0.5) is 0 Å². The van der Waals surface area contributed by atoms with Gasteiger partial charge in [0.25, 0.3) is 0 Å². The first-order valence-electron chi connectivity index (χ1n) is 7.86. The van der Waals surface area contributed by atoms with E-state index in [1.807, 2.05) is 26.0 Å². The zero-order valence-electron chi connectivity index (χ0n) is 13.2. The molecule has 0 atom stereocenters. The Bertz CT molecular complexity index is 456. The molecular weight excluding hydrogens is 286 g/mol. The number of rotatable bonds is 6. The molecule has 0 unspecified atom stereocenters. The Morgan fingerprint density at radius 3 is 2.57 bits per heavy atom. The Hall–Kier alpha value is -0.930. The third-order valence-electron chi connectivity index (χ3n) is 3.86. The summed E-state index contributed by atoms with van der Waals surface area (Å²) < 4.78 is 11.4. The highest BCUT2D eigenvalue weighted by molar-refractivity contribution is 6.30. The molecule has 0 saturated heterocycles. The van der Waals surface area contributed by atoms with Crippen LogP contribution in [-0.4, -0.2) is 19.3 Å². The SMILES string of the molecule is COc1cc(Cl)cc(CNC2CCCCC2)c1OC(C)C. The number of hydrogen-bond donors (Lipinski definition) is 1. The van der Waals surface area contributed by atoms with Crippen molar-refractivity contribution in [3.8, 4) is 11.5 Å². The van der Waals surface area contributed by atoms with Crippen LogP contribution in [-0.2, 0) is 6.54 Å². The van der Waals surface area contributed by atoms with Gasteiger partial charge in [0.1, 0.15) is 0 Å². The van der Waals surface area contributed by atoms with Crippen molar-refractivity contribution in [2.75, 3.05) is 7.11 Å². The lowest BCUT2D eigenvalue weighted by molar-refractivity contribution is 0.226. The number of ether oxygens (including phenoxy) is 2. The Morgan fingerprint density at radius 2 is 1.95 bits per heavy atom. The van der Waals surface area contributed by atoms with Gasteiger partial charge in [-0.1, -0.05) is 30.9 Å². The average molecular weight is 312 g/mol. The Morgan fingerprint density at radius 1 is 1.24 bits per heavy atom. The first kappa shape index (κ1) is 16.4. The van der Waals surface area contributed by atoms with Gasteiger partial charge in [0.05, 0.1) is 13.2 Å². The van der Waals surface area contributed by atoms with Gasteiger partial charge in [-0.15, -0.1) is 0 Å². The van der Waals surface area contributed by atoms with E-state index in [0.717, 1.165) is 17.9 Å². The molecule has 0 aromatic heterocycles. The molecule has 0 bridgehead atoms. The van der Waals surface area contributed by atoms with E-state index in [1.165, 1.54) is 32.1 Å². The van der Waals surface area contributed by atoms with Crippen LogP contribution in [0.2, 0.25) is 5.02 Å². The van der Waals surface area contributed by atoms with E-state index in [-0.39, 0.29) is 6.10 Å². The molecule has 0 radical (unpaired) electrons. The van der Waals surface area contributed by atoms with E-state index in [9.17, 15) is 0 Å². The molecule has 0 spiro atoms. The lowest BCUT2D eigenvalue weighted by Crippen LogP contribution is -2.30. The molecule has 1 saturated carbocycles. The summed E-state index contributed by atoms with van der Waals surface area (Å²) in [6.45, 7) is 4.81. The van der Waals surface area contributed by atoms with E-state index in [4.69, 9.17) is 21.1 Å². The first-order valence-corrected chi connectivity index (χ1v) is 8.24. The third kappa shape index (κ3) is 4.79. The van der Waals surface area contributed by atoms with Crippen molar-refractivity contribution >= 4 is 11.6 Å². The van der Waals surface area contributed by atoms with Gasteiger partial charge in [-0.05, 0) is 32.8 Å². The topological polar surface area (TPSA) is 30.5 Å². The number of nitrogens with one attached hydrogen (secondary N) is 1. The average Bonchev–Trinajstić information content (AvgIpc) is 2.47. The summed E-state index contributed by atoms with van der Waals surface area (Å²) in [5, 5.41) is 4.32. The zero-order chi connectivity index (χ0) is 15.2. The zero-order valence-corrected chi connectivity index (χ0v) is 14.0. The quantitative estimate of drug-likeness (QED) is 0.835. The summed E-state index contributed by atoms with van der Waals surface area (Å²) in [5.41, 5.74) is 1.07. The molecule has 1 aromatic carbocycles. The molecule has 3 nitrogen and oxygen atoms in total. The summed E-state index contributed by atoms with van der Waals surface area (Å²) >= 11 is 6.20. The van der Waals surface area contributed by atoms with Crippen molar-refractivity contribution < 1.29 is 9.47 Å². The van der Waals surface area contributed by atoms with Crippen molar-refractivity contribution in [1.82, 2.24) is 5.32 Å². The standard InChI is InChI=1S/C17H26ClNO2/c1-12(2)21-17-13(9-14(18)10-16(17)20-3)11-19-15-7-5-4-6-8-15/h9-10,12,15,19H,4-8,11H2,1-3H3. The van der Waals surface area contributed by atoms with Gasteiger partial charge in [-0.3, -0.25) is 0 Å². The van der Waals surface area contributed by atoms with Crippen molar-refractivity contribution in [3.63, 3.8) is 0 Å². The predicted molar refractivity (Wildman–Crippen MR) is 87.5 cm³/mol. The maximum atomic E-state index is 6.20. The van der Waals surface area contributed by atoms with E-state index in [2.05, 4.69) is 5.32 Å². The minimum atomic E-state index is 0.105. The Kier molecular flexibility index (Phi) is 6.19. The lowest BCUT2D eigenvalue weighted by atomic mass is 9.95. The molecule has 1 aromatic rings. The number of benzene rings is 1. The van der Waals surface area contributed by atoms with E-state index < -0.39 is 0 Å². The molecule has 1 aliphatic carbocycles. The van der Waals surface area contributed by atoms with Crippen molar-refractivity contribution in [1.29, 1.82) is 0 Å². The maximum absolute atomic E-state index is 6.20. The molecular formula is C17H26ClNO2. The molecule has 4 heteroatoms. The second-order valence-corrected chi connectivity index (χ2v) is 6.42. The van der Waals surface area contributed by atoms with E-state index in [1.54, 1.807) is 7.11 Å². The molecule has 21 heavy (non-hydrogen) atoms. The summed E-state index contributed by atoms with van der Waals surface area (Å²) in [4.78, 5) is 0. The van der Waals surface area contributed by atoms with Crippen LogP contribution in [0.3, 0.4) is 0 Å². The van der Waals surface area contributed by atoms with Crippen LogP contribution < -0.4 is 14.8 Å². The largest absolute Gasteiger partial charge is 0.493 e. The smallest absolute Gasteiger partial charge is 0.166 e. The van der Waals surface area contributed by atoms with Crippen LogP contribution in [0.15, 0.2) is 12.1 Å². The highest BCUT2D eigenvalue weighted by Crippen LogP contribution is 2.35. The third-order valence-corrected chi connectivity index (χ3v) is 4.07. The molecule has 2 rings (SSSR count). The normalized spacial score (nSPS) is 16.2. The monoisotopic (exact) mass is 311 g/mol. The molecule has 1 fully saturated rings. The summed E-state index contributed by atoms with van der Waals surface area (Å²) in [6, 6.07) is 4.39. The van der Waals surface area contributed by atoms with E-state index in [0.29, 0.717) is 16.8 Å². The van der Waals surface area contributed by atoms with E-state index >= 15 is 0 Å². The number of halogens is 1. The molecule has 1 N–H and O–H groups in total. The van der Waals surface area contributed by atoms with Gasteiger partial charge in [0.2, 0.25) is 0 Å². The first-order chi connectivity index (χ1) is 10.1. The van der Waals surface area contributed by atoms with Crippen LogP contribution in [0, 0.1) is 0 Å². The molecule has 0 aliphatic heterocycles. The van der Waals surface area contributed by atoms with Gasteiger partial charge in [-0.2, -0.15) is 0 Å². The van der Waals surface area contributed by atoms with Gasteiger partial charge in [0, 0.05) is 29.2 Å². The van der Waals surface area contributed by atoms with Crippen LogP contribution >= 0.6 is 11.6 Å². The van der Waals surface area contributed by atoms with Crippen LogP contribution in [0.1, 0.15) is 51.5 Å². The minimum Gasteiger partial charge on any atom is -0.493 e. The fourth-order valence-corrected chi connectivity index (χ4v) is 3.07. The Balaban J connectivity index is 2.13. The van der Waals surface area contributed by atoms with Crippen molar-refractivity contribution in [2.45, 2.75) is 64.6 Å². The Labute approximate surface area is 133 Å². The second-order valence-electron chi connectivity index (χ2n) is 5.98. The van der Waals surface area contributed by atoms with Gasteiger partial charge >= 0.3 is 0 Å². The maximum Gasteiger partial charge on any atom is 0.166 e. The number of hydrogen-bond acceptors (Lipinski definition) is 3. The summed E-state index contributed by atoms with van der Waals surface area (Å²) in [7, 11) is 1.65. The minimum absolute atomic E-state index is 0.105. The number of methoxy groups -OCH3 is 1. The highest BCUT2D eigenvalue weighted by Gasteiger charge is 2.17. The van der Waals surface area contributed by atoms with Gasteiger partial charge < -0.3 is 14.8 Å². The fraction of sp³-hybridized carbons (Fsp3) is 0.647. The van der Waals surface area contributed by atoms with Crippen molar-refractivity contribution in [2.24, 2.45) is 0 Å². The lowest BCUT2D eigenvalue weighted by Gasteiger charge is -2.24. The van der Waals surface area contributed by atoms with Crippen molar-refractivity contribution in [3.05, 3.63) is 22.7 Å². The summed E-state index contributed by atoms with van der Waals surface area (Å²) in [5.74, 6) is 1.51. The van der Waals surface area contributed by atoms with Crippen LogP contribution in [0.25, 0.3) is 0 Å². The predicted octanol–water partition coefficient (Wildman–Crippen LogP) is 4.56. The van der Waals surface area contributed by atoms with Crippen LogP contribution in [0.5, 0.6) is 11.5 Å².